The molecule has 0 N–H and O–H groups in total. The lowest BCUT2D eigenvalue weighted by Gasteiger charge is -2.14. The lowest BCUT2D eigenvalue weighted by molar-refractivity contribution is 0.367. The zero-order valence-corrected chi connectivity index (χ0v) is 11.3. The third kappa shape index (κ3) is 1.35. The normalized spacial score (nSPS) is 36.4. The molecule has 4 rings (SSSR count). The zero-order chi connectivity index (χ0) is 11.6. The van der Waals surface area contributed by atoms with Crippen molar-refractivity contribution in [1.82, 2.24) is 4.90 Å². The molecule has 2 fully saturated rings. The number of hydrogen-bond donors (Lipinski definition) is 0. The van der Waals surface area contributed by atoms with Crippen molar-refractivity contribution < 1.29 is 0 Å². The van der Waals surface area contributed by atoms with Crippen molar-refractivity contribution >= 4 is 33.0 Å². The van der Waals surface area contributed by atoms with Crippen molar-refractivity contribution in [2.75, 3.05) is 20.1 Å². The van der Waals surface area contributed by atoms with Crippen LogP contribution in [0, 0.1) is 5.92 Å². The monoisotopic (exact) mass is 263 g/mol. The van der Waals surface area contributed by atoms with Gasteiger partial charge in [-0.1, -0.05) is 18.2 Å². The molecular formula is C14H14ClNS. The Hall–Kier alpha value is -0.570. The highest BCUT2D eigenvalue weighted by Crippen LogP contribution is 2.66. The number of thiophene rings is 1. The highest BCUT2D eigenvalue weighted by atomic mass is 35.5. The number of halogens is 1. The summed E-state index contributed by atoms with van der Waals surface area (Å²) in [5.41, 5.74) is 0. The highest BCUT2D eigenvalue weighted by Gasteiger charge is 2.68. The van der Waals surface area contributed by atoms with Gasteiger partial charge in [-0.15, -0.1) is 22.9 Å². The molecule has 0 amide bonds. The second-order valence-electron chi connectivity index (χ2n) is 5.39. The van der Waals surface area contributed by atoms with E-state index in [9.17, 15) is 0 Å². The molecule has 1 nitrogen and oxygen atoms in total. The SMILES string of the molecule is CN1CC2C(c3cc4ccccc4s3)C2(Cl)C1. The summed E-state index contributed by atoms with van der Waals surface area (Å²) in [6.07, 6.45) is 0. The molecule has 0 bridgehead atoms. The Kier molecular flexibility index (Phi) is 1.98. The van der Waals surface area contributed by atoms with Crippen molar-refractivity contribution in [3.8, 4) is 0 Å². The Bertz CT molecular complexity index is 560. The summed E-state index contributed by atoms with van der Waals surface area (Å²) in [7, 11) is 2.16. The molecule has 1 saturated carbocycles. The summed E-state index contributed by atoms with van der Waals surface area (Å²) in [6.45, 7) is 2.19. The van der Waals surface area contributed by atoms with E-state index >= 15 is 0 Å². The molecule has 3 unspecified atom stereocenters. The molecule has 2 heterocycles. The van der Waals surface area contributed by atoms with Gasteiger partial charge in [0, 0.05) is 34.5 Å². The van der Waals surface area contributed by atoms with E-state index in [2.05, 4.69) is 42.3 Å². The first-order valence-corrected chi connectivity index (χ1v) is 7.24. The minimum absolute atomic E-state index is 0.0373. The lowest BCUT2D eigenvalue weighted by Crippen LogP contribution is -2.22. The highest BCUT2D eigenvalue weighted by molar-refractivity contribution is 7.19. The van der Waals surface area contributed by atoms with Crippen LogP contribution in [0.2, 0.25) is 0 Å². The summed E-state index contributed by atoms with van der Waals surface area (Å²) in [5, 5.41) is 1.37. The van der Waals surface area contributed by atoms with Gasteiger partial charge in [-0.25, -0.2) is 0 Å². The maximum atomic E-state index is 6.73. The summed E-state index contributed by atoms with van der Waals surface area (Å²) in [5.74, 6) is 1.26. The van der Waals surface area contributed by atoms with E-state index in [1.54, 1.807) is 0 Å². The number of alkyl halides is 1. The number of piperidine rings is 1. The molecule has 1 aliphatic carbocycles. The van der Waals surface area contributed by atoms with Gasteiger partial charge in [0.2, 0.25) is 0 Å². The smallest absolute Gasteiger partial charge is 0.0700 e. The summed E-state index contributed by atoms with van der Waals surface area (Å²) >= 11 is 8.65. The van der Waals surface area contributed by atoms with Gasteiger partial charge in [0.1, 0.15) is 0 Å². The minimum atomic E-state index is 0.0373. The van der Waals surface area contributed by atoms with Crippen LogP contribution >= 0.6 is 22.9 Å². The van der Waals surface area contributed by atoms with E-state index in [1.165, 1.54) is 15.0 Å². The predicted molar refractivity (Wildman–Crippen MR) is 74.1 cm³/mol. The molecule has 17 heavy (non-hydrogen) atoms. The molecule has 1 saturated heterocycles. The maximum Gasteiger partial charge on any atom is 0.0700 e. The number of fused-ring (bicyclic) bond motifs is 2. The van der Waals surface area contributed by atoms with Gasteiger partial charge in [0.25, 0.3) is 0 Å². The molecule has 1 aromatic heterocycles. The molecule has 3 atom stereocenters. The molecule has 88 valence electrons. The van der Waals surface area contributed by atoms with E-state index in [4.69, 9.17) is 11.6 Å². The van der Waals surface area contributed by atoms with E-state index in [0.29, 0.717) is 11.8 Å². The van der Waals surface area contributed by atoms with E-state index in [0.717, 1.165) is 13.1 Å². The fourth-order valence-electron chi connectivity index (χ4n) is 3.36. The Morgan fingerprint density at radius 1 is 1.41 bits per heavy atom. The van der Waals surface area contributed by atoms with Gasteiger partial charge < -0.3 is 4.90 Å². The first kappa shape index (κ1) is 10.4. The van der Waals surface area contributed by atoms with Gasteiger partial charge in [-0.2, -0.15) is 0 Å². The van der Waals surface area contributed by atoms with Crippen LogP contribution in [0.25, 0.3) is 10.1 Å². The van der Waals surface area contributed by atoms with Crippen molar-refractivity contribution in [2.45, 2.75) is 10.8 Å². The van der Waals surface area contributed by atoms with Crippen molar-refractivity contribution in [1.29, 1.82) is 0 Å². The molecule has 3 heteroatoms. The Labute approximate surface area is 110 Å². The zero-order valence-electron chi connectivity index (χ0n) is 9.69. The van der Waals surface area contributed by atoms with Crippen LogP contribution in [0.4, 0.5) is 0 Å². The number of likely N-dealkylation sites (tertiary alicyclic amines) is 1. The lowest BCUT2D eigenvalue weighted by atomic mass is 10.2. The van der Waals surface area contributed by atoms with Gasteiger partial charge in [0.15, 0.2) is 0 Å². The Balaban J connectivity index is 1.73. The summed E-state index contributed by atoms with van der Waals surface area (Å²) in [4.78, 5) is 3.87. The van der Waals surface area contributed by atoms with Gasteiger partial charge in [-0.3, -0.25) is 0 Å². The molecule has 0 spiro atoms. The second-order valence-corrected chi connectivity index (χ2v) is 7.21. The fourth-order valence-corrected chi connectivity index (χ4v) is 5.36. The number of nitrogens with zero attached hydrogens (tertiary/aromatic N) is 1. The van der Waals surface area contributed by atoms with E-state index in [1.807, 2.05) is 11.3 Å². The number of hydrogen-bond acceptors (Lipinski definition) is 2. The molecule has 2 aromatic rings. The van der Waals surface area contributed by atoms with Crippen molar-refractivity contribution in [2.24, 2.45) is 5.92 Å². The van der Waals surface area contributed by atoms with Crippen LogP contribution in [0.1, 0.15) is 10.8 Å². The van der Waals surface area contributed by atoms with Crippen LogP contribution in [0.3, 0.4) is 0 Å². The third-order valence-electron chi connectivity index (χ3n) is 4.20. The minimum Gasteiger partial charge on any atom is -0.304 e. The Morgan fingerprint density at radius 2 is 2.24 bits per heavy atom. The quantitative estimate of drug-likeness (QED) is 0.712. The predicted octanol–water partition coefficient (Wildman–Crippen LogP) is 3.54. The van der Waals surface area contributed by atoms with Crippen LogP contribution in [-0.2, 0) is 0 Å². The summed E-state index contributed by atoms with van der Waals surface area (Å²) in [6, 6.07) is 11.0. The molecular weight excluding hydrogens is 250 g/mol. The average molecular weight is 264 g/mol. The largest absolute Gasteiger partial charge is 0.304 e. The second kappa shape index (κ2) is 3.25. The Morgan fingerprint density at radius 3 is 2.94 bits per heavy atom. The van der Waals surface area contributed by atoms with Gasteiger partial charge in [0.05, 0.1) is 4.87 Å². The van der Waals surface area contributed by atoms with E-state index in [-0.39, 0.29) is 4.87 Å². The molecule has 1 aromatic carbocycles. The molecule has 2 aliphatic rings. The fraction of sp³-hybridized carbons (Fsp3) is 0.429. The average Bonchev–Trinajstić information content (AvgIpc) is 2.66. The van der Waals surface area contributed by atoms with Crippen LogP contribution < -0.4 is 0 Å². The standard InChI is InChI=1S/C14H14ClNS/c1-16-7-10-13(14(10,15)8-16)12-6-9-4-2-3-5-11(9)17-12/h2-6,10,13H,7-8H2,1H3. The van der Waals surface area contributed by atoms with Crippen LogP contribution in [-0.4, -0.2) is 29.9 Å². The first-order chi connectivity index (χ1) is 8.18. The first-order valence-electron chi connectivity index (χ1n) is 6.04. The van der Waals surface area contributed by atoms with Gasteiger partial charge >= 0.3 is 0 Å². The van der Waals surface area contributed by atoms with Crippen LogP contribution in [0.5, 0.6) is 0 Å². The van der Waals surface area contributed by atoms with E-state index < -0.39 is 0 Å². The molecule has 0 radical (unpaired) electrons. The van der Waals surface area contributed by atoms with Crippen molar-refractivity contribution in [3.63, 3.8) is 0 Å². The molecule has 1 aliphatic heterocycles. The maximum absolute atomic E-state index is 6.73. The van der Waals surface area contributed by atoms with Crippen molar-refractivity contribution in [3.05, 3.63) is 35.2 Å². The number of benzene rings is 1. The third-order valence-corrected chi connectivity index (χ3v) is 6.03. The topological polar surface area (TPSA) is 3.24 Å². The van der Waals surface area contributed by atoms with Crippen LogP contribution in [0.15, 0.2) is 30.3 Å². The number of rotatable bonds is 1. The summed E-state index contributed by atoms with van der Waals surface area (Å²) < 4.78 is 1.39. The van der Waals surface area contributed by atoms with Gasteiger partial charge in [-0.05, 0) is 24.6 Å².